The largest absolute Gasteiger partial charge is 0.376 e. The molecule has 0 radical (unpaired) electrons. The molecule has 0 saturated heterocycles. The molecule has 1 fully saturated rings. The van der Waals surface area contributed by atoms with Gasteiger partial charge in [-0.25, -0.2) is 4.39 Å². The molecule has 1 aliphatic rings. The van der Waals surface area contributed by atoms with E-state index in [4.69, 9.17) is 10.5 Å². The lowest BCUT2D eigenvalue weighted by Crippen LogP contribution is -2.26. The third-order valence-electron chi connectivity index (χ3n) is 3.78. The molecular formula is C15H22FNO. The van der Waals surface area contributed by atoms with Crippen LogP contribution in [0.1, 0.15) is 44.2 Å². The Kier molecular flexibility index (Phi) is 4.72. The van der Waals surface area contributed by atoms with Crippen LogP contribution >= 0.6 is 0 Å². The molecule has 2 rings (SSSR count). The Labute approximate surface area is 108 Å². The normalized spacial score (nSPS) is 25.9. The fraction of sp³-hybridized carbons (Fsp3) is 0.600. The van der Waals surface area contributed by atoms with E-state index in [1.807, 2.05) is 0 Å². The van der Waals surface area contributed by atoms with Crippen LogP contribution in [0, 0.1) is 11.7 Å². The lowest BCUT2D eigenvalue weighted by atomic mass is 9.89. The molecule has 0 heterocycles. The summed E-state index contributed by atoms with van der Waals surface area (Å²) in [6.45, 7) is 2.68. The summed E-state index contributed by atoms with van der Waals surface area (Å²) in [7, 11) is 0. The van der Waals surface area contributed by atoms with Crippen molar-refractivity contribution in [1.82, 2.24) is 0 Å². The second-order valence-corrected chi connectivity index (χ2v) is 5.34. The molecule has 100 valence electrons. The van der Waals surface area contributed by atoms with Gasteiger partial charge in [0, 0.05) is 5.56 Å². The molecule has 0 amide bonds. The maximum absolute atomic E-state index is 13.5. The minimum Gasteiger partial charge on any atom is -0.376 e. The Balaban J connectivity index is 1.81. The van der Waals surface area contributed by atoms with Gasteiger partial charge < -0.3 is 10.5 Å². The molecular weight excluding hydrogens is 229 g/mol. The van der Waals surface area contributed by atoms with Crippen molar-refractivity contribution in [2.24, 2.45) is 11.7 Å². The van der Waals surface area contributed by atoms with Crippen molar-refractivity contribution in [2.75, 3.05) is 6.61 Å². The van der Waals surface area contributed by atoms with Crippen LogP contribution in [-0.4, -0.2) is 12.7 Å². The molecule has 0 aromatic heterocycles. The summed E-state index contributed by atoms with van der Waals surface area (Å²) in [6.07, 6.45) is 4.95. The third-order valence-corrected chi connectivity index (χ3v) is 3.78. The minimum atomic E-state index is -0.370. The van der Waals surface area contributed by atoms with Crippen molar-refractivity contribution in [1.29, 1.82) is 0 Å². The van der Waals surface area contributed by atoms with Crippen LogP contribution in [0.5, 0.6) is 0 Å². The Morgan fingerprint density at radius 1 is 1.28 bits per heavy atom. The molecule has 18 heavy (non-hydrogen) atoms. The first-order valence-electron chi connectivity index (χ1n) is 6.78. The molecule has 2 N–H and O–H groups in total. The summed E-state index contributed by atoms with van der Waals surface area (Å²) in [5.41, 5.74) is 6.52. The number of nitrogens with two attached hydrogens (primary N) is 1. The highest BCUT2D eigenvalue weighted by Gasteiger charge is 2.20. The van der Waals surface area contributed by atoms with E-state index in [2.05, 4.69) is 6.92 Å². The molecule has 1 saturated carbocycles. The van der Waals surface area contributed by atoms with Gasteiger partial charge in [0.05, 0.1) is 18.8 Å². The predicted molar refractivity (Wildman–Crippen MR) is 70.7 cm³/mol. The molecule has 0 aliphatic heterocycles. The lowest BCUT2D eigenvalue weighted by molar-refractivity contribution is 0.0122. The molecule has 0 spiro atoms. The molecule has 1 unspecified atom stereocenters. The van der Waals surface area contributed by atoms with E-state index in [0.717, 1.165) is 18.8 Å². The van der Waals surface area contributed by atoms with Gasteiger partial charge in [-0.05, 0) is 37.7 Å². The van der Waals surface area contributed by atoms with Crippen LogP contribution < -0.4 is 5.73 Å². The van der Waals surface area contributed by atoms with E-state index in [0.29, 0.717) is 18.3 Å². The Morgan fingerprint density at radius 3 is 2.61 bits per heavy atom. The van der Waals surface area contributed by atoms with Crippen molar-refractivity contribution < 1.29 is 9.13 Å². The molecule has 1 aliphatic carbocycles. The maximum Gasteiger partial charge on any atom is 0.128 e. The van der Waals surface area contributed by atoms with Gasteiger partial charge in [0.25, 0.3) is 0 Å². The maximum atomic E-state index is 13.5. The number of hydrogen-bond acceptors (Lipinski definition) is 2. The lowest BCUT2D eigenvalue weighted by Gasteiger charge is -2.27. The van der Waals surface area contributed by atoms with E-state index in [9.17, 15) is 4.39 Å². The summed E-state index contributed by atoms with van der Waals surface area (Å²) in [6, 6.07) is 6.28. The zero-order valence-electron chi connectivity index (χ0n) is 10.9. The molecule has 1 aromatic carbocycles. The summed E-state index contributed by atoms with van der Waals surface area (Å²) < 4.78 is 19.3. The van der Waals surface area contributed by atoms with Crippen LogP contribution in [0.4, 0.5) is 4.39 Å². The molecule has 1 aromatic rings. The van der Waals surface area contributed by atoms with Gasteiger partial charge in [0.1, 0.15) is 5.82 Å². The van der Waals surface area contributed by atoms with Crippen molar-refractivity contribution in [3.05, 3.63) is 35.6 Å². The van der Waals surface area contributed by atoms with E-state index in [1.165, 1.54) is 18.9 Å². The van der Waals surface area contributed by atoms with Crippen LogP contribution in [0.3, 0.4) is 0 Å². The monoisotopic (exact) mass is 251 g/mol. The highest BCUT2D eigenvalue weighted by molar-refractivity contribution is 5.20. The van der Waals surface area contributed by atoms with Gasteiger partial charge in [-0.1, -0.05) is 25.1 Å². The van der Waals surface area contributed by atoms with Crippen LogP contribution in [0.15, 0.2) is 24.3 Å². The predicted octanol–water partition coefficient (Wildman–Crippen LogP) is 3.42. The van der Waals surface area contributed by atoms with Gasteiger partial charge in [-0.3, -0.25) is 0 Å². The molecule has 2 nitrogen and oxygen atoms in total. The summed E-state index contributed by atoms with van der Waals surface area (Å²) in [4.78, 5) is 0. The van der Waals surface area contributed by atoms with Crippen LogP contribution in [0.2, 0.25) is 0 Å². The second kappa shape index (κ2) is 6.30. The highest BCUT2D eigenvalue weighted by atomic mass is 19.1. The Hall–Kier alpha value is -0.930. The van der Waals surface area contributed by atoms with E-state index >= 15 is 0 Å². The van der Waals surface area contributed by atoms with E-state index in [1.54, 1.807) is 18.2 Å². The summed E-state index contributed by atoms with van der Waals surface area (Å²) in [5, 5.41) is 0. The smallest absolute Gasteiger partial charge is 0.128 e. The third kappa shape index (κ3) is 3.53. The van der Waals surface area contributed by atoms with Crippen molar-refractivity contribution in [2.45, 2.75) is 44.8 Å². The first-order valence-corrected chi connectivity index (χ1v) is 6.78. The number of halogens is 1. The SMILES string of the molecule is CC1CCC(OCC(N)c2ccccc2F)CC1. The van der Waals surface area contributed by atoms with Crippen LogP contribution in [0.25, 0.3) is 0 Å². The van der Waals surface area contributed by atoms with Gasteiger partial charge in [0.2, 0.25) is 0 Å². The molecule has 3 heteroatoms. The fourth-order valence-corrected chi connectivity index (χ4v) is 2.50. The van der Waals surface area contributed by atoms with E-state index < -0.39 is 0 Å². The summed E-state index contributed by atoms with van der Waals surface area (Å²) >= 11 is 0. The zero-order chi connectivity index (χ0) is 13.0. The average Bonchev–Trinajstić information content (AvgIpc) is 2.38. The highest BCUT2D eigenvalue weighted by Crippen LogP contribution is 2.26. The number of ether oxygens (including phenoxy) is 1. The second-order valence-electron chi connectivity index (χ2n) is 5.34. The quantitative estimate of drug-likeness (QED) is 0.890. The first kappa shape index (κ1) is 13.5. The minimum absolute atomic E-state index is 0.245. The zero-order valence-corrected chi connectivity index (χ0v) is 10.9. The topological polar surface area (TPSA) is 35.2 Å². The van der Waals surface area contributed by atoms with Crippen molar-refractivity contribution >= 4 is 0 Å². The Bertz CT molecular complexity index is 375. The molecule has 0 bridgehead atoms. The van der Waals surface area contributed by atoms with Gasteiger partial charge in [0.15, 0.2) is 0 Å². The van der Waals surface area contributed by atoms with Gasteiger partial charge >= 0.3 is 0 Å². The van der Waals surface area contributed by atoms with Crippen molar-refractivity contribution in [3.63, 3.8) is 0 Å². The fourth-order valence-electron chi connectivity index (χ4n) is 2.50. The standard InChI is InChI=1S/C15H22FNO/c1-11-6-8-12(9-7-11)18-10-15(17)13-4-2-3-5-14(13)16/h2-5,11-12,15H,6-10,17H2,1H3. The first-order chi connectivity index (χ1) is 8.66. The Morgan fingerprint density at radius 2 is 1.94 bits per heavy atom. The number of hydrogen-bond donors (Lipinski definition) is 1. The number of rotatable bonds is 4. The van der Waals surface area contributed by atoms with Crippen molar-refractivity contribution in [3.8, 4) is 0 Å². The van der Waals surface area contributed by atoms with Crippen LogP contribution in [-0.2, 0) is 4.74 Å². The summed E-state index contributed by atoms with van der Waals surface area (Å²) in [5.74, 6) is 0.566. The number of benzene rings is 1. The van der Waals surface area contributed by atoms with E-state index in [-0.39, 0.29) is 11.9 Å². The average molecular weight is 251 g/mol. The van der Waals surface area contributed by atoms with Gasteiger partial charge in [-0.15, -0.1) is 0 Å². The molecule has 1 atom stereocenters. The van der Waals surface area contributed by atoms with Gasteiger partial charge in [-0.2, -0.15) is 0 Å².